The summed E-state index contributed by atoms with van der Waals surface area (Å²) >= 11 is 79.6. The number of aromatic amines is 1. The minimum absolute atomic E-state index is 0.00592. The van der Waals surface area contributed by atoms with Crippen molar-refractivity contribution in [3.8, 4) is 17.1 Å². The van der Waals surface area contributed by atoms with E-state index >= 15 is 0 Å². The lowest BCUT2D eigenvalue weighted by atomic mass is 10.1. The lowest BCUT2D eigenvalue weighted by Crippen LogP contribution is -2.15. The highest BCUT2D eigenvalue weighted by Crippen LogP contribution is 2.49. The van der Waals surface area contributed by atoms with Gasteiger partial charge in [-0.05, 0) is 340 Å². The van der Waals surface area contributed by atoms with Gasteiger partial charge in [0.2, 0.25) is 39.1 Å². The Hall–Kier alpha value is -9.00. The van der Waals surface area contributed by atoms with E-state index in [0.717, 1.165) is 84.2 Å². The molecule has 0 radical (unpaired) electrons. The number of carbonyl (C=O) groups is 6. The number of halogens is 12. The number of aromatic carboxylic acids is 3. The summed E-state index contributed by atoms with van der Waals surface area (Å²) in [6.07, 6.45) is 12.4. The molecule has 702 valence electrons. The highest BCUT2D eigenvalue weighted by molar-refractivity contribution is 9.10. The molecule has 0 unspecified atom stereocenters. The number of H-pyrrole nitrogens is 1. The van der Waals surface area contributed by atoms with Crippen LogP contribution in [0.4, 0.5) is 46.0 Å². The van der Waals surface area contributed by atoms with Crippen molar-refractivity contribution in [2.45, 2.75) is 153 Å². The number of nitrogens with zero attached hydrogens (tertiary/aromatic N) is 9. The molecule has 5 aliphatic rings. The summed E-state index contributed by atoms with van der Waals surface area (Å²) in [6, 6.07) is 35.3. The Morgan fingerprint density at radius 2 is 0.821 bits per heavy atom. The van der Waals surface area contributed by atoms with Gasteiger partial charge < -0.3 is 54.2 Å². The standard InChI is InChI=1S/C21H17BrCl2N4O3S.C21H19Cl2N5O3S.C12H13ClN4S.C11H10ClNS.C10H9Cl2NO3.C10H12ClN.C7H7BrClN/c1-10-6-13(11-2-3-11)8-15(24)18(10)28-20(22)26-27-21(28)32-9-17(29)25-16-5-4-12(19(30)31)7-14(16)23;1-10-6-13(11-2-3-11)8-15(23)18(10)28-20(24)26-27-21(28)32-9-17(29)25-16-5-4-12(19(30)31)7-14(16)22;1-6-4-8(7-2-3-7)5-9(13)10(6)17-11(14)15-16-12(17)18;1-7-4-9(8-2-3-8)5-10(12)11(7)13-6-14;1-5-2-6(10(15)16)3-7(12)9(5)13-8(14)4-11;1-6-4-8(7-2-3-7)5-9(11)10(6)12;1-4-2-5(8)3-6(9)7(4)10/h4-8,11H,2-3,9H2,1H3,(H,25,29)(H,30,31);4-8,11H,2-3,9H2,1H3,(H2,24,26)(H,25,29)(H,30,31);4-5,7H,2-3H2,1H3,(H2,14,15)(H,16,18);4-5,8H,2-3H2,1H3;2-3H,4H2,1H3,(H,13,14)(H,15,16);4-5,7H,2-3,12H2,1H3;2-3H,10H2,1H3. The molecule has 42 heteroatoms. The number of alkyl halides is 1. The van der Waals surface area contributed by atoms with Gasteiger partial charge >= 0.3 is 17.9 Å². The fourth-order valence-corrected chi connectivity index (χ4v) is 19.6. The lowest BCUT2D eigenvalue weighted by Gasteiger charge is -2.15. The SMILES string of the molecule is Cc1cc(Br)cc(Cl)c1N.Cc1cc(C(=O)O)cc(Cl)c1NC(=O)CCl.Cc1cc(C2CC2)cc(Cl)c1-n1c(Br)nnc1SCC(=O)Nc1ccc(C(=O)O)cc1Cl.Cc1cc(C2CC2)cc(Cl)c1-n1c(N)n[nH]c1=S.Cc1cc(C2CC2)cc(Cl)c1-n1c(N)nnc1SCC(=O)Nc1ccc(C(=O)O)cc1Cl.Cc1cc(C2CC2)cc(Cl)c1N.Cc1cc(C2CC2)cc(Cl)c1N=C=S. The Labute approximate surface area is 857 Å². The molecular weight excluding hydrogens is 2130 g/mol. The van der Waals surface area contributed by atoms with Gasteiger partial charge in [-0.25, -0.2) is 19.5 Å². The number of rotatable bonds is 22. The number of thioether (sulfide) groups is 2. The number of carboxylic acids is 3. The van der Waals surface area contributed by atoms with Gasteiger partial charge in [-0.3, -0.25) is 28.1 Å². The van der Waals surface area contributed by atoms with E-state index in [2.05, 4.69) is 131 Å². The van der Waals surface area contributed by atoms with Crippen LogP contribution >= 0.6 is 196 Å². The molecule has 5 aliphatic carbocycles. The molecule has 5 fully saturated rings. The number of carbonyl (C=O) groups excluding carboxylic acids is 3. The molecule has 26 nitrogen and oxygen atoms in total. The number of carboxylic acid groups (broad SMARTS) is 3. The third-order valence-corrected chi connectivity index (χ3v) is 27.5. The van der Waals surface area contributed by atoms with Crippen LogP contribution in [-0.4, -0.2) is 118 Å². The van der Waals surface area contributed by atoms with Crippen LogP contribution in [0.5, 0.6) is 0 Å². The highest BCUT2D eigenvalue weighted by atomic mass is 79.9. The summed E-state index contributed by atoms with van der Waals surface area (Å²) in [5.41, 5.74) is 42.0. The summed E-state index contributed by atoms with van der Waals surface area (Å²) < 4.78 is 6.99. The number of nitrogen functional groups attached to an aromatic ring is 4. The van der Waals surface area contributed by atoms with Crippen LogP contribution in [0.15, 0.2) is 146 Å². The number of anilines is 7. The van der Waals surface area contributed by atoms with Gasteiger partial charge in [0.05, 0.1) is 130 Å². The second-order valence-corrected chi connectivity index (χ2v) is 39.9. The summed E-state index contributed by atoms with van der Waals surface area (Å²) in [7, 11) is 0. The molecule has 3 aromatic heterocycles. The van der Waals surface area contributed by atoms with Gasteiger partial charge in [0.15, 0.2) is 10.3 Å². The zero-order valence-corrected chi connectivity index (χ0v) is 86.4. The molecule has 5 saturated carbocycles. The smallest absolute Gasteiger partial charge is 0.335 e. The number of thiocarbonyl (C=S) groups is 1. The fourth-order valence-electron chi connectivity index (χ4n) is 13.8. The molecular formula is C92H87Br2Cl10N17O9S4. The Morgan fingerprint density at radius 3 is 1.19 bits per heavy atom. The highest BCUT2D eigenvalue weighted by Gasteiger charge is 2.32. The molecule has 134 heavy (non-hydrogen) atoms. The average molecular weight is 2220 g/mol. The zero-order valence-electron chi connectivity index (χ0n) is 72.4. The summed E-state index contributed by atoms with van der Waals surface area (Å²) in [5.74, 6) is -0.683. The maximum absolute atomic E-state index is 12.5. The van der Waals surface area contributed by atoms with Crippen LogP contribution in [0.1, 0.15) is 192 Å². The van der Waals surface area contributed by atoms with Crippen LogP contribution in [0, 0.1) is 53.2 Å². The van der Waals surface area contributed by atoms with Crippen LogP contribution < -0.4 is 38.9 Å². The van der Waals surface area contributed by atoms with E-state index < -0.39 is 23.8 Å². The quantitative estimate of drug-likeness (QED) is 0.00987. The minimum Gasteiger partial charge on any atom is -0.478 e. The minimum atomic E-state index is -1.10. The third kappa shape index (κ3) is 28.4. The largest absolute Gasteiger partial charge is 0.478 e. The third-order valence-electron chi connectivity index (χ3n) is 21.4. The number of nitrogens with two attached hydrogens (primary N) is 4. The molecule has 0 aliphatic heterocycles. The molecule has 0 spiro atoms. The predicted molar refractivity (Wildman–Crippen MR) is 555 cm³/mol. The normalized spacial score (nSPS) is 13.3. The number of amides is 3. The van der Waals surface area contributed by atoms with Crippen molar-refractivity contribution < 1.29 is 44.1 Å². The van der Waals surface area contributed by atoms with E-state index in [-0.39, 0.29) is 66.9 Å². The maximum Gasteiger partial charge on any atom is 0.335 e. The number of hydrogen-bond donors (Lipinski definition) is 11. The van der Waals surface area contributed by atoms with Crippen molar-refractivity contribution in [2.75, 3.05) is 56.3 Å². The Morgan fingerprint density at radius 1 is 0.440 bits per heavy atom. The number of aromatic nitrogens is 9. The monoisotopic (exact) mass is 2210 g/mol. The molecule has 17 rings (SSSR count). The van der Waals surface area contributed by atoms with Gasteiger partial charge in [-0.15, -0.1) is 37.1 Å². The first kappa shape index (κ1) is 105. The predicted octanol–water partition coefficient (Wildman–Crippen LogP) is 27.0. The first-order chi connectivity index (χ1) is 63.5. The zero-order chi connectivity index (χ0) is 97.7. The second-order valence-electron chi connectivity index (χ2n) is 31.9. The Balaban J connectivity index is 0.000000157. The van der Waals surface area contributed by atoms with E-state index in [4.69, 9.17) is 166 Å². The maximum atomic E-state index is 12.5. The number of aryl methyl sites for hydroxylation is 7. The van der Waals surface area contributed by atoms with E-state index in [9.17, 15) is 28.8 Å². The van der Waals surface area contributed by atoms with Crippen molar-refractivity contribution in [1.82, 2.24) is 44.3 Å². The second kappa shape index (κ2) is 47.4. The van der Waals surface area contributed by atoms with Crippen LogP contribution in [0.2, 0.25) is 45.2 Å². The number of hydrogen-bond acceptors (Lipinski definition) is 20. The fraction of sp³-hybridized carbons (Fsp3) is 0.272. The number of aliphatic imine (C=N–C) groups is 1. The van der Waals surface area contributed by atoms with E-state index in [1.165, 1.54) is 152 Å². The van der Waals surface area contributed by atoms with Crippen molar-refractivity contribution in [1.29, 1.82) is 0 Å². The van der Waals surface area contributed by atoms with Crippen molar-refractivity contribution in [3.05, 3.63) is 264 Å². The molecule has 9 aromatic carbocycles. The van der Waals surface area contributed by atoms with Crippen LogP contribution in [-0.2, 0) is 14.4 Å². The number of isothiocyanates is 1. The van der Waals surface area contributed by atoms with Crippen LogP contribution in [0.25, 0.3) is 17.1 Å². The summed E-state index contributed by atoms with van der Waals surface area (Å²) in [5, 5.41) is 65.1. The Kier molecular flexibility index (Phi) is 37.3. The average Bonchev–Trinajstić information content (AvgIpc) is 1.59. The van der Waals surface area contributed by atoms with Gasteiger partial charge in [-0.2, -0.15) is 4.99 Å². The van der Waals surface area contributed by atoms with Gasteiger partial charge in [0.25, 0.3) is 0 Å². The van der Waals surface area contributed by atoms with Crippen molar-refractivity contribution >= 4 is 283 Å². The van der Waals surface area contributed by atoms with Gasteiger partial charge in [0.1, 0.15) is 5.88 Å². The summed E-state index contributed by atoms with van der Waals surface area (Å²) in [4.78, 5) is 72.7. The van der Waals surface area contributed by atoms with Gasteiger partial charge in [-0.1, -0.05) is 174 Å². The molecule has 0 saturated heterocycles. The summed E-state index contributed by atoms with van der Waals surface area (Å²) in [6.45, 7) is 13.5. The van der Waals surface area contributed by atoms with Gasteiger partial charge in [0, 0.05) is 4.47 Å². The molecule has 12 aromatic rings. The van der Waals surface area contributed by atoms with Crippen molar-refractivity contribution in [3.63, 3.8) is 0 Å². The molecule has 3 amide bonds. The van der Waals surface area contributed by atoms with Crippen LogP contribution in [0.3, 0.4) is 0 Å². The van der Waals surface area contributed by atoms with E-state index in [1.807, 2.05) is 77.9 Å². The lowest BCUT2D eigenvalue weighted by molar-refractivity contribution is -0.114. The van der Waals surface area contributed by atoms with E-state index in [0.29, 0.717) is 108 Å². The molecule has 0 atom stereocenters. The number of nitrogens with one attached hydrogen (secondary N) is 4. The molecule has 15 N–H and O–H groups in total. The Bertz CT molecular complexity index is 6310. The topological polar surface area (TPSA) is 411 Å². The molecule has 0 bridgehead atoms. The van der Waals surface area contributed by atoms with Crippen molar-refractivity contribution in [2.24, 2.45) is 4.99 Å². The first-order valence-electron chi connectivity index (χ1n) is 41.1. The first-order valence-corrected chi connectivity index (χ1v) is 49.4. The van der Waals surface area contributed by atoms with E-state index in [1.54, 1.807) is 26.7 Å². The number of benzene rings is 9. The molecule has 3 heterocycles.